The summed E-state index contributed by atoms with van der Waals surface area (Å²) in [6.45, 7) is 2.17. The fraction of sp³-hybridized carbons (Fsp3) is 0.412. The molecule has 8 heteroatoms. The first-order chi connectivity index (χ1) is 11.7. The molecule has 0 aliphatic carbocycles. The molecule has 0 saturated carbocycles. The molecule has 1 N–H and O–H groups in total. The first-order valence-corrected chi connectivity index (χ1v) is 7.87. The quantitative estimate of drug-likeness (QED) is 0.889. The van der Waals surface area contributed by atoms with Crippen molar-refractivity contribution in [2.24, 2.45) is 7.05 Å². The van der Waals surface area contributed by atoms with E-state index in [-0.39, 0.29) is 18.6 Å². The maximum atomic E-state index is 12.6. The number of hydrogen-bond acceptors (Lipinski definition) is 2. The number of amides is 2. The van der Waals surface area contributed by atoms with E-state index in [1.54, 1.807) is 25.0 Å². The minimum atomic E-state index is -4.36. The largest absolute Gasteiger partial charge is 0.416 e. The van der Waals surface area contributed by atoms with E-state index in [1.807, 2.05) is 13.1 Å². The molecular weight excluding hydrogens is 333 g/mol. The fourth-order valence-electron chi connectivity index (χ4n) is 2.45. The van der Waals surface area contributed by atoms with Crippen molar-refractivity contribution in [1.82, 2.24) is 20.0 Å². The number of rotatable bonds is 5. The lowest BCUT2D eigenvalue weighted by molar-refractivity contribution is -0.137. The maximum absolute atomic E-state index is 12.6. The van der Waals surface area contributed by atoms with E-state index in [1.165, 1.54) is 17.0 Å². The van der Waals surface area contributed by atoms with Gasteiger partial charge in [0.05, 0.1) is 17.8 Å². The molecular formula is C17H21F3N4O. The average molecular weight is 354 g/mol. The van der Waals surface area contributed by atoms with Crippen molar-refractivity contribution in [2.45, 2.75) is 32.1 Å². The Hall–Kier alpha value is -2.51. The summed E-state index contributed by atoms with van der Waals surface area (Å²) in [6, 6.07) is 4.33. The van der Waals surface area contributed by atoms with Crippen LogP contribution in [0.1, 0.15) is 36.1 Å². The standard InChI is InChI=1S/C17H21F3N4O/c1-4-15(13-9-21-24(3)11-13)22-16(25)23(2)10-12-5-7-14(8-6-12)17(18,19)20/h5-9,11,15H,4,10H2,1-3H3,(H,22,25)/t15-/m1/s1. The Morgan fingerprint density at radius 1 is 1.32 bits per heavy atom. The van der Waals surface area contributed by atoms with Crippen LogP contribution in [-0.2, 0) is 19.8 Å². The molecule has 0 aliphatic heterocycles. The molecule has 0 spiro atoms. The molecule has 1 aromatic carbocycles. The Labute approximate surface area is 144 Å². The molecule has 2 rings (SSSR count). The summed E-state index contributed by atoms with van der Waals surface area (Å²) in [5.74, 6) is 0. The number of benzene rings is 1. The summed E-state index contributed by atoms with van der Waals surface area (Å²) in [4.78, 5) is 13.8. The molecule has 2 aromatic rings. The third-order valence-corrected chi connectivity index (χ3v) is 3.88. The number of carbonyl (C=O) groups is 1. The number of carbonyl (C=O) groups excluding carboxylic acids is 1. The lowest BCUT2D eigenvalue weighted by Crippen LogP contribution is -2.38. The molecule has 1 atom stereocenters. The van der Waals surface area contributed by atoms with Gasteiger partial charge in [-0.1, -0.05) is 19.1 Å². The Balaban J connectivity index is 1.97. The molecule has 0 fully saturated rings. The molecule has 136 valence electrons. The second-order valence-corrected chi connectivity index (χ2v) is 5.91. The number of alkyl halides is 3. The van der Waals surface area contributed by atoms with Gasteiger partial charge >= 0.3 is 12.2 Å². The van der Waals surface area contributed by atoms with Crippen LogP contribution >= 0.6 is 0 Å². The number of aryl methyl sites for hydroxylation is 1. The van der Waals surface area contributed by atoms with E-state index in [4.69, 9.17) is 0 Å². The van der Waals surface area contributed by atoms with Crippen LogP contribution < -0.4 is 5.32 Å². The van der Waals surface area contributed by atoms with Crippen LogP contribution in [0.15, 0.2) is 36.7 Å². The minimum absolute atomic E-state index is 0.170. The zero-order chi connectivity index (χ0) is 18.6. The molecule has 0 bridgehead atoms. The Kier molecular flexibility index (Phi) is 5.71. The van der Waals surface area contributed by atoms with Crippen molar-refractivity contribution in [3.05, 3.63) is 53.3 Å². The third kappa shape index (κ3) is 4.98. The monoisotopic (exact) mass is 354 g/mol. The molecule has 0 saturated heterocycles. The van der Waals surface area contributed by atoms with Gasteiger partial charge in [-0.15, -0.1) is 0 Å². The molecule has 0 unspecified atom stereocenters. The molecule has 2 amide bonds. The fourth-order valence-corrected chi connectivity index (χ4v) is 2.45. The van der Waals surface area contributed by atoms with E-state index in [2.05, 4.69) is 10.4 Å². The van der Waals surface area contributed by atoms with Crippen LogP contribution in [0.3, 0.4) is 0 Å². The highest BCUT2D eigenvalue weighted by atomic mass is 19.4. The van der Waals surface area contributed by atoms with Crippen molar-refractivity contribution >= 4 is 6.03 Å². The second-order valence-electron chi connectivity index (χ2n) is 5.91. The highest BCUT2D eigenvalue weighted by Crippen LogP contribution is 2.29. The molecule has 1 heterocycles. The van der Waals surface area contributed by atoms with Gasteiger partial charge in [0.15, 0.2) is 0 Å². The molecule has 0 radical (unpaired) electrons. The Morgan fingerprint density at radius 3 is 2.44 bits per heavy atom. The first-order valence-electron chi connectivity index (χ1n) is 7.87. The summed E-state index contributed by atoms with van der Waals surface area (Å²) < 4.78 is 39.4. The summed E-state index contributed by atoms with van der Waals surface area (Å²) >= 11 is 0. The molecule has 1 aromatic heterocycles. The second kappa shape index (κ2) is 7.58. The van der Waals surface area contributed by atoms with Crippen LogP contribution in [0.2, 0.25) is 0 Å². The van der Waals surface area contributed by atoms with Crippen molar-refractivity contribution in [1.29, 1.82) is 0 Å². The van der Waals surface area contributed by atoms with Gasteiger partial charge in [-0.3, -0.25) is 4.68 Å². The number of nitrogens with one attached hydrogen (secondary N) is 1. The van der Waals surface area contributed by atoms with E-state index >= 15 is 0 Å². The van der Waals surface area contributed by atoms with E-state index in [0.717, 1.165) is 17.7 Å². The summed E-state index contributed by atoms with van der Waals surface area (Å²) in [7, 11) is 3.40. The third-order valence-electron chi connectivity index (χ3n) is 3.88. The molecule has 5 nitrogen and oxygen atoms in total. The highest BCUT2D eigenvalue weighted by molar-refractivity contribution is 5.74. The van der Waals surface area contributed by atoms with Gasteiger partial charge in [0.25, 0.3) is 0 Å². The van der Waals surface area contributed by atoms with Crippen LogP contribution in [0, 0.1) is 0 Å². The van der Waals surface area contributed by atoms with Crippen molar-refractivity contribution in [2.75, 3.05) is 7.05 Å². The molecule has 25 heavy (non-hydrogen) atoms. The van der Waals surface area contributed by atoms with Crippen LogP contribution in [-0.4, -0.2) is 27.8 Å². The smallest absolute Gasteiger partial charge is 0.331 e. The normalized spacial score (nSPS) is 12.7. The van der Waals surface area contributed by atoms with Gasteiger partial charge in [-0.25, -0.2) is 4.79 Å². The van der Waals surface area contributed by atoms with Gasteiger partial charge in [-0.05, 0) is 24.1 Å². The lowest BCUT2D eigenvalue weighted by Gasteiger charge is -2.22. The number of aromatic nitrogens is 2. The number of halogens is 3. The van der Waals surface area contributed by atoms with E-state index in [0.29, 0.717) is 12.0 Å². The van der Waals surface area contributed by atoms with E-state index < -0.39 is 11.7 Å². The summed E-state index contributed by atoms with van der Waals surface area (Å²) in [6.07, 6.45) is -0.125. The Morgan fingerprint density at radius 2 is 1.96 bits per heavy atom. The topological polar surface area (TPSA) is 50.2 Å². The summed E-state index contributed by atoms with van der Waals surface area (Å²) in [5.41, 5.74) is 0.826. The van der Waals surface area contributed by atoms with Crippen molar-refractivity contribution in [3.8, 4) is 0 Å². The number of nitrogens with zero attached hydrogens (tertiary/aromatic N) is 3. The zero-order valence-electron chi connectivity index (χ0n) is 14.3. The van der Waals surface area contributed by atoms with Gasteiger partial charge in [-0.2, -0.15) is 18.3 Å². The van der Waals surface area contributed by atoms with Gasteiger partial charge in [0, 0.05) is 32.4 Å². The molecule has 0 aliphatic rings. The lowest BCUT2D eigenvalue weighted by atomic mass is 10.1. The van der Waals surface area contributed by atoms with Gasteiger partial charge < -0.3 is 10.2 Å². The van der Waals surface area contributed by atoms with Crippen LogP contribution in [0.4, 0.5) is 18.0 Å². The zero-order valence-corrected chi connectivity index (χ0v) is 14.3. The first kappa shape index (κ1) is 18.8. The maximum Gasteiger partial charge on any atom is 0.416 e. The Bertz CT molecular complexity index is 709. The number of urea groups is 1. The predicted octanol–water partition coefficient (Wildman–Crippen LogP) is 3.73. The van der Waals surface area contributed by atoms with Gasteiger partial charge in [0.1, 0.15) is 0 Å². The van der Waals surface area contributed by atoms with Crippen molar-refractivity contribution in [3.63, 3.8) is 0 Å². The van der Waals surface area contributed by atoms with Crippen molar-refractivity contribution < 1.29 is 18.0 Å². The SMILES string of the molecule is CC[C@@H](NC(=O)N(C)Cc1ccc(C(F)(F)F)cc1)c1cnn(C)c1. The average Bonchev–Trinajstić information content (AvgIpc) is 2.98. The predicted molar refractivity (Wildman–Crippen MR) is 87.7 cm³/mol. The summed E-state index contributed by atoms with van der Waals surface area (Å²) in [5, 5.41) is 7.00. The number of hydrogen-bond donors (Lipinski definition) is 1. The minimum Gasteiger partial charge on any atom is -0.331 e. The van der Waals surface area contributed by atoms with Crippen LogP contribution in [0.5, 0.6) is 0 Å². The highest BCUT2D eigenvalue weighted by Gasteiger charge is 2.30. The van der Waals surface area contributed by atoms with E-state index in [9.17, 15) is 18.0 Å². The van der Waals surface area contributed by atoms with Crippen LogP contribution in [0.25, 0.3) is 0 Å². The van der Waals surface area contributed by atoms with Gasteiger partial charge in [0.2, 0.25) is 0 Å².